The quantitative estimate of drug-likeness (QED) is 0.519. The van der Waals surface area contributed by atoms with Crippen LogP contribution in [0.4, 0.5) is 18.9 Å². The molecule has 0 atom stereocenters. The monoisotopic (exact) mass is 393 g/mol. The third kappa shape index (κ3) is 6.04. The Balaban J connectivity index is 1.92. The Morgan fingerprint density at radius 2 is 1.71 bits per heavy atom. The minimum atomic E-state index is -4.50. The first-order valence-corrected chi connectivity index (χ1v) is 8.06. The van der Waals surface area contributed by atoms with Gasteiger partial charge in [-0.05, 0) is 49.4 Å². The third-order valence-corrected chi connectivity index (χ3v) is 3.53. The summed E-state index contributed by atoms with van der Waals surface area (Å²) in [4.78, 5) is 23.9. The molecule has 0 saturated carbocycles. The zero-order valence-electron chi connectivity index (χ0n) is 15.1. The van der Waals surface area contributed by atoms with Gasteiger partial charge < -0.3 is 15.5 Å². The highest BCUT2D eigenvalue weighted by molar-refractivity contribution is 5.99. The van der Waals surface area contributed by atoms with Crippen LogP contribution in [0.5, 0.6) is 5.75 Å². The van der Waals surface area contributed by atoms with E-state index in [-0.39, 0.29) is 11.4 Å². The van der Waals surface area contributed by atoms with Crippen molar-refractivity contribution in [2.24, 2.45) is 0 Å². The van der Waals surface area contributed by atoms with Crippen LogP contribution >= 0.6 is 0 Å². The molecule has 0 fully saturated rings. The van der Waals surface area contributed by atoms with E-state index in [0.29, 0.717) is 11.3 Å². The number of alkyl halides is 3. The highest BCUT2D eigenvalue weighted by Gasteiger charge is 2.30. The van der Waals surface area contributed by atoms with E-state index in [4.69, 9.17) is 4.74 Å². The largest absolute Gasteiger partial charge is 0.497 e. The Bertz CT molecular complexity index is 878. The molecule has 0 aromatic heterocycles. The number of hydrazine groups is 1. The molecule has 3 N–H and O–H groups in total. The van der Waals surface area contributed by atoms with E-state index >= 15 is 0 Å². The lowest BCUT2D eigenvalue weighted by molar-refractivity contribution is -0.137. The number of carbonyl (C=O) groups is 2. The predicted molar refractivity (Wildman–Crippen MR) is 97.4 cm³/mol. The molecular weight excluding hydrogens is 375 g/mol. The molecule has 0 aliphatic carbocycles. The maximum atomic E-state index is 12.7. The maximum absolute atomic E-state index is 12.7. The third-order valence-electron chi connectivity index (χ3n) is 3.53. The number of nitrogens with one attached hydrogen (secondary N) is 3. The molecule has 0 heterocycles. The molecule has 6 nitrogen and oxygen atoms in total. The molecule has 0 aliphatic rings. The second-order valence-corrected chi connectivity index (χ2v) is 5.70. The molecule has 0 unspecified atom stereocenters. The molecule has 0 spiro atoms. The summed E-state index contributed by atoms with van der Waals surface area (Å²) in [7, 11) is 1.51. The minimum Gasteiger partial charge on any atom is -0.497 e. The highest BCUT2D eigenvalue weighted by atomic mass is 19.4. The molecule has 0 aliphatic heterocycles. The van der Waals surface area contributed by atoms with E-state index in [1.165, 1.54) is 26.2 Å². The molecule has 0 bridgehead atoms. The van der Waals surface area contributed by atoms with E-state index < -0.39 is 23.6 Å². The van der Waals surface area contributed by atoms with Gasteiger partial charge in [0, 0.05) is 23.0 Å². The van der Waals surface area contributed by atoms with E-state index in [1.54, 1.807) is 24.3 Å². The van der Waals surface area contributed by atoms with Crippen LogP contribution < -0.4 is 20.9 Å². The first-order chi connectivity index (χ1) is 13.2. The number of allylic oxidation sites excluding steroid dienone is 1. The average Bonchev–Trinajstić information content (AvgIpc) is 2.65. The van der Waals surface area contributed by atoms with Crippen molar-refractivity contribution in [2.75, 3.05) is 12.4 Å². The van der Waals surface area contributed by atoms with Gasteiger partial charge in [0.05, 0.1) is 12.7 Å². The van der Waals surface area contributed by atoms with Gasteiger partial charge in [-0.15, -0.1) is 0 Å². The first kappa shape index (κ1) is 20.8. The van der Waals surface area contributed by atoms with Crippen molar-refractivity contribution in [3.63, 3.8) is 0 Å². The molecule has 2 amide bonds. The number of hydrogen-bond donors (Lipinski definition) is 3. The van der Waals surface area contributed by atoms with Gasteiger partial charge in [0.2, 0.25) is 5.91 Å². The molecule has 0 saturated heterocycles. The van der Waals surface area contributed by atoms with Crippen LogP contribution in [0, 0.1) is 0 Å². The lowest BCUT2D eigenvalue weighted by Gasteiger charge is -2.10. The van der Waals surface area contributed by atoms with Gasteiger partial charge in [-0.2, -0.15) is 13.2 Å². The number of anilines is 1. The van der Waals surface area contributed by atoms with E-state index in [2.05, 4.69) is 16.2 Å². The Labute approximate surface area is 159 Å². The average molecular weight is 393 g/mol. The van der Waals surface area contributed by atoms with Gasteiger partial charge in [0.1, 0.15) is 5.75 Å². The molecule has 148 valence electrons. The van der Waals surface area contributed by atoms with Crippen molar-refractivity contribution in [2.45, 2.75) is 13.1 Å². The Morgan fingerprint density at radius 3 is 2.32 bits per heavy atom. The molecule has 2 aromatic carbocycles. The van der Waals surface area contributed by atoms with Gasteiger partial charge in [-0.3, -0.25) is 15.0 Å². The van der Waals surface area contributed by atoms with Crippen LogP contribution in [-0.2, 0) is 11.0 Å². The second-order valence-electron chi connectivity index (χ2n) is 5.70. The fraction of sp³-hybridized carbons (Fsp3) is 0.158. The fourth-order valence-electron chi connectivity index (χ4n) is 2.15. The molecule has 2 rings (SSSR count). The molecule has 0 radical (unpaired) electrons. The minimum absolute atomic E-state index is 0.00569. The van der Waals surface area contributed by atoms with Crippen molar-refractivity contribution >= 4 is 17.5 Å². The van der Waals surface area contributed by atoms with Crippen LogP contribution in [-0.4, -0.2) is 18.9 Å². The second kappa shape index (κ2) is 8.94. The molecule has 28 heavy (non-hydrogen) atoms. The van der Waals surface area contributed by atoms with Gasteiger partial charge in [0.25, 0.3) is 5.91 Å². The van der Waals surface area contributed by atoms with E-state index in [9.17, 15) is 22.8 Å². The van der Waals surface area contributed by atoms with Crippen LogP contribution in [0.15, 0.2) is 60.3 Å². The number of rotatable bonds is 6. The van der Waals surface area contributed by atoms with Crippen LogP contribution in [0.25, 0.3) is 0 Å². The highest BCUT2D eigenvalue weighted by Crippen LogP contribution is 2.30. The maximum Gasteiger partial charge on any atom is 0.416 e. The normalized spacial score (nSPS) is 11.5. The van der Waals surface area contributed by atoms with E-state index in [1.807, 2.05) is 0 Å². The Hall–Kier alpha value is -3.49. The summed E-state index contributed by atoms with van der Waals surface area (Å²) in [6, 6.07) is 10.7. The molecule has 2 aromatic rings. The lowest BCUT2D eigenvalue weighted by atomic mass is 10.2. The number of amides is 2. The summed E-state index contributed by atoms with van der Waals surface area (Å²) in [6.07, 6.45) is -3.39. The van der Waals surface area contributed by atoms with Crippen LogP contribution in [0.3, 0.4) is 0 Å². The lowest BCUT2D eigenvalue weighted by Crippen LogP contribution is -2.36. The zero-order chi connectivity index (χ0) is 20.7. The summed E-state index contributed by atoms with van der Waals surface area (Å²) >= 11 is 0. The standard InChI is InChI=1S/C19H18F3N3O3/c1-12(24-25-18(27)13-6-8-16(28-2)9-7-13)10-17(26)23-15-5-3-4-14(11-15)19(20,21)22/h3-11,24H,1-2H3,(H,23,26)(H,25,27)/b12-10+. The summed E-state index contributed by atoms with van der Waals surface area (Å²) in [5.41, 5.74) is 4.75. The number of benzene rings is 2. The van der Waals surface area contributed by atoms with Crippen molar-refractivity contribution < 1.29 is 27.5 Å². The summed E-state index contributed by atoms with van der Waals surface area (Å²) in [5, 5.41) is 2.34. The number of methoxy groups -OCH3 is 1. The molecule has 9 heteroatoms. The van der Waals surface area contributed by atoms with Crippen LogP contribution in [0.1, 0.15) is 22.8 Å². The summed E-state index contributed by atoms with van der Waals surface area (Å²) in [5.74, 6) is -0.483. The van der Waals surface area contributed by atoms with Crippen molar-refractivity contribution in [3.05, 3.63) is 71.4 Å². The Kier molecular flexibility index (Phi) is 6.64. The van der Waals surface area contributed by atoms with Crippen molar-refractivity contribution in [1.82, 2.24) is 10.9 Å². The number of carbonyl (C=O) groups excluding carboxylic acids is 2. The topological polar surface area (TPSA) is 79.5 Å². The predicted octanol–water partition coefficient (Wildman–Crippen LogP) is 3.49. The van der Waals surface area contributed by atoms with E-state index in [0.717, 1.165) is 18.2 Å². The van der Waals surface area contributed by atoms with Gasteiger partial charge in [-0.1, -0.05) is 6.07 Å². The summed E-state index contributed by atoms with van der Waals surface area (Å²) < 4.78 is 43.1. The summed E-state index contributed by atoms with van der Waals surface area (Å²) in [6.45, 7) is 1.51. The zero-order valence-corrected chi connectivity index (χ0v) is 15.1. The number of halogens is 3. The number of hydrogen-bond acceptors (Lipinski definition) is 4. The van der Waals surface area contributed by atoms with Gasteiger partial charge in [-0.25, -0.2) is 0 Å². The fourth-order valence-corrected chi connectivity index (χ4v) is 2.15. The number of ether oxygens (including phenoxy) is 1. The Morgan fingerprint density at radius 1 is 1.04 bits per heavy atom. The SMILES string of the molecule is COc1ccc(C(=O)NN/C(C)=C/C(=O)Nc2cccc(C(F)(F)F)c2)cc1. The van der Waals surface area contributed by atoms with Crippen molar-refractivity contribution in [1.29, 1.82) is 0 Å². The van der Waals surface area contributed by atoms with Gasteiger partial charge >= 0.3 is 6.18 Å². The van der Waals surface area contributed by atoms with Crippen LogP contribution in [0.2, 0.25) is 0 Å². The van der Waals surface area contributed by atoms with Gasteiger partial charge in [0.15, 0.2) is 0 Å². The van der Waals surface area contributed by atoms with Crippen molar-refractivity contribution in [3.8, 4) is 5.75 Å². The molecular formula is C19H18F3N3O3. The smallest absolute Gasteiger partial charge is 0.416 e. The first-order valence-electron chi connectivity index (χ1n) is 8.06.